The molecule has 2 saturated heterocycles. The van der Waals surface area contributed by atoms with E-state index in [1.807, 2.05) is 0 Å². The van der Waals surface area contributed by atoms with E-state index in [0.717, 1.165) is 19.3 Å². The van der Waals surface area contributed by atoms with Crippen molar-refractivity contribution in [3.63, 3.8) is 0 Å². The summed E-state index contributed by atoms with van der Waals surface area (Å²) in [4.78, 5) is 0. The summed E-state index contributed by atoms with van der Waals surface area (Å²) in [5, 5.41) is 0. The van der Waals surface area contributed by atoms with Crippen molar-refractivity contribution in [1.29, 1.82) is 0 Å². The van der Waals surface area contributed by atoms with Gasteiger partial charge in [0.25, 0.3) is 10.2 Å². The van der Waals surface area contributed by atoms with Gasteiger partial charge in [-0.25, -0.2) is 0 Å². The van der Waals surface area contributed by atoms with Gasteiger partial charge in [-0.1, -0.05) is 0 Å². The first-order valence-electron chi connectivity index (χ1n) is 5.11. The fourth-order valence-electron chi connectivity index (χ4n) is 2.05. The summed E-state index contributed by atoms with van der Waals surface area (Å²) < 4.78 is 27.0. The Kier molecular flexibility index (Phi) is 2.79. The van der Waals surface area contributed by atoms with Gasteiger partial charge in [0.2, 0.25) is 0 Å². The Bertz CT molecular complexity index is 298. The van der Waals surface area contributed by atoms with Gasteiger partial charge >= 0.3 is 0 Å². The van der Waals surface area contributed by atoms with Gasteiger partial charge in [0.15, 0.2) is 0 Å². The summed E-state index contributed by atoms with van der Waals surface area (Å²) in [5.74, 6) is 0. The Hall–Kier alpha value is -0.170. The van der Waals surface area contributed by atoms with Crippen LogP contribution in [0.4, 0.5) is 0 Å². The number of nitrogens with two attached hydrogens (primary N) is 1. The Morgan fingerprint density at radius 2 is 1.71 bits per heavy atom. The highest BCUT2D eigenvalue weighted by atomic mass is 32.2. The average Bonchev–Trinajstić information content (AvgIpc) is 2.72. The Morgan fingerprint density at radius 3 is 2.21 bits per heavy atom. The highest BCUT2D eigenvalue weighted by Gasteiger charge is 2.35. The van der Waals surface area contributed by atoms with E-state index in [0.29, 0.717) is 26.2 Å². The quantitative estimate of drug-likeness (QED) is 0.672. The molecule has 2 rings (SSSR count). The van der Waals surface area contributed by atoms with Crippen LogP contribution in [0.15, 0.2) is 0 Å². The molecule has 0 aromatic carbocycles. The van der Waals surface area contributed by atoms with Crippen LogP contribution in [0, 0.1) is 0 Å². The predicted molar refractivity (Wildman–Crippen MR) is 53.9 cm³/mol. The van der Waals surface area contributed by atoms with Crippen molar-refractivity contribution in [1.82, 2.24) is 8.61 Å². The largest absolute Gasteiger partial charge is 0.326 e. The van der Waals surface area contributed by atoms with Gasteiger partial charge < -0.3 is 5.73 Å². The summed E-state index contributed by atoms with van der Waals surface area (Å²) in [5.41, 5.74) is 5.70. The molecular formula is C8H17N3O2S. The first-order valence-corrected chi connectivity index (χ1v) is 6.51. The van der Waals surface area contributed by atoms with E-state index in [-0.39, 0.29) is 6.04 Å². The zero-order valence-corrected chi connectivity index (χ0v) is 9.04. The third kappa shape index (κ3) is 1.79. The second-order valence-corrected chi connectivity index (χ2v) is 5.95. The van der Waals surface area contributed by atoms with E-state index in [1.165, 1.54) is 4.31 Å². The second kappa shape index (κ2) is 3.77. The number of nitrogens with zero attached hydrogens (tertiary/aromatic N) is 2. The molecule has 0 spiro atoms. The predicted octanol–water partition coefficient (Wildman–Crippen LogP) is -0.640. The van der Waals surface area contributed by atoms with Crippen LogP contribution in [0.5, 0.6) is 0 Å². The first kappa shape index (κ1) is 10.4. The maximum absolute atomic E-state index is 12.0. The molecule has 0 radical (unpaired) electrons. The fraction of sp³-hybridized carbons (Fsp3) is 1.00. The standard InChI is InChI=1S/C8H17N3O2S/c9-8-3-6-11(7-8)14(12,13)10-4-1-2-5-10/h8H,1-7,9H2/t8-/m0/s1. The van der Waals surface area contributed by atoms with Crippen molar-refractivity contribution in [3.8, 4) is 0 Å². The van der Waals surface area contributed by atoms with Crippen LogP contribution in [0.25, 0.3) is 0 Å². The van der Waals surface area contributed by atoms with Gasteiger partial charge in [0.05, 0.1) is 0 Å². The summed E-state index contributed by atoms with van der Waals surface area (Å²) in [6, 6.07) is 0.0207. The monoisotopic (exact) mass is 219 g/mol. The highest BCUT2D eigenvalue weighted by molar-refractivity contribution is 7.86. The first-order chi connectivity index (χ1) is 6.60. The van der Waals surface area contributed by atoms with Crippen LogP contribution in [0.3, 0.4) is 0 Å². The molecule has 6 heteroatoms. The van der Waals surface area contributed by atoms with Gasteiger partial charge in [-0.15, -0.1) is 0 Å². The maximum Gasteiger partial charge on any atom is 0.282 e. The molecule has 2 aliphatic rings. The minimum Gasteiger partial charge on any atom is -0.326 e. The van der Waals surface area contributed by atoms with Crippen molar-refractivity contribution >= 4 is 10.2 Å². The zero-order valence-electron chi connectivity index (χ0n) is 8.22. The molecular weight excluding hydrogens is 202 g/mol. The molecule has 0 aromatic rings. The normalized spacial score (nSPS) is 31.4. The highest BCUT2D eigenvalue weighted by Crippen LogP contribution is 2.20. The van der Waals surface area contributed by atoms with E-state index in [9.17, 15) is 8.42 Å². The van der Waals surface area contributed by atoms with Crippen LogP contribution in [-0.2, 0) is 10.2 Å². The van der Waals surface area contributed by atoms with Crippen LogP contribution in [0.2, 0.25) is 0 Å². The van der Waals surface area contributed by atoms with E-state index in [2.05, 4.69) is 0 Å². The molecule has 0 unspecified atom stereocenters. The van der Waals surface area contributed by atoms with Crippen molar-refractivity contribution in [2.45, 2.75) is 25.3 Å². The molecule has 82 valence electrons. The van der Waals surface area contributed by atoms with E-state index >= 15 is 0 Å². The lowest BCUT2D eigenvalue weighted by atomic mass is 10.3. The van der Waals surface area contributed by atoms with Crippen molar-refractivity contribution in [2.75, 3.05) is 26.2 Å². The van der Waals surface area contributed by atoms with Gasteiger partial charge in [-0.3, -0.25) is 0 Å². The Balaban J connectivity index is 2.07. The molecule has 2 aliphatic heterocycles. The lowest BCUT2D eigenvalue weighted by Crippen LogP contribution is -2.42. The molecule has 1 atom stereocenters. The van der Waals surface area contributed by atoms with Crippen LogP contribution in [0.1, 0.15) is 19.3 Å². The lowest BCUT2D eigenvalue weighted by molar-refractivity contribution is 0.395. The summed E-state index contributed by atoms with van der Waals surface area (Å²) in [6.45, 7) is 2.42. The lowest BCUT2D eigenvalue weighted by Gasteiger charge is -2.22. The molecule has 0 aromatic heterocycles. The molecule has 0 saturated carbocycles. The zero-order chi connectivity index (χ0) is 10.2. The number of hydrogen-bond acceptors (Lipinski definition) is 3. The Morgan fingerprint density at radius 1 is 1.07 bits per heavy atom. The molecule has 0 bridgehead atoms. The Labute approximate surface area is 85.0 Å². The van der Waals surface area contributed by atoms with Crippen LogP contribution >= 0.6 is 0 Å². The maximum atomic E-state index is 12.0. The third-order valence-electron chi connectivity index (χ3n) is 2.91. The topological polar surface area (TPSA) is 66.6 Å². The van der Waals surface area contributed by atoms with Gasteiger partial charge in [-0.05, 0) is 19.3 Å². The average molecular weight is 219 g/mol. The van der Waals surface area contributed by atoms with Crippen molar-refractivity contribution < 1.29 is 8.42 Å². The molecule has 14 heavy (non-hydrogen) atoms. The van der Waals surface area contributed by atoms with Crippen LogP contribution < -0.4 is 5.73 Å². The van der Waals surface area contributed by atoms with Crippen molar-refractivity contribution in [3.05, 3.63) is 0 Å². The minimum atomic E-state index is -3.18. The van der Waals surface area contributed by atoms with Crippen LogP contribution in [-0.4, -0.2) is 49.2 Å². The second-order valence-electron chi connectivity index (χ2n) is 4.02. The molecule has 2 N–H and O–H groups in total. The molecule has 2 fully saturated rings. The summed E-state index contributed by atoms with van der Waals surface area (Å²) in [6.07, 6.45) is 2.76. The van der Waals surface area contributed by atoms with E-state index < -0.39 is 10.2 Å². The van der Waals surface area contributed by atoms with E-state index in [1.54, 1.807) is 4.31 Å². The smallest absolute Gasteiger partial charge is 0.282 e. The molecule has 0 aliphatic carbocycles. The fourth-order valence-corrected chi connectivity index (χ4v) is 3.81. The molecule has 2 heterocycles. The van der Waals surface area contributed by atoms with Gasteiger partial charge in [0.1, 0.15) is 0 Å². The van der Waals surface area contributed by atoms with Crippen molar-refractivity contribution in [2.24, 2.45) is 5.73 Å². The van der Waals surface area contributed by atoms with Gasteiger partial charge in [-0.2, -0.15) is 17.0 Å². The van der Waals surface area contributed by atoms with Gasteiger partial charge in [0, 0.05) is 32.2 Å². The SMILES string of the molecule is N[C@H]1CCN(S(=O)(=O)N2CCCC2)C1. The summed E-state index contributed by atoms with van der Waals surface area (Å²) in [7, 11) is -3.18. The molecule has 0 amide bonds. The number of hydrogen-bond donors (Lipinski definition) is 1. The molecule has 5 nitrogen and oxygen atoms in total. The third-order valence-corrected chi connectivity index (χ3v) is 4.91. The summed E-state index contributed by atoms with van der Waals surface area (Å²) >= 11 is 0. The minimum absolute atomic E-state index is 0.0207. The van der Waals surface area contributed by atoms with E-state index in [4.69, 9.17) is 5.73 Å². The number of rotatable bonds is 2.